The summed E-state index contributed by atoms with van der Waals surface area (Å²) in [6, 6.07) is 16.2. The maximum Gasteiger partial charge on any atom is 0.135 e. The van der Waals surface area contributed by atoms with E-state index in [1.807, 2.05) is 18.2 Å². The summed E-state index contributed by atoms with van der Waals surface area (Å²) in [4.78, 5) is 8.39. The van der Waals surface area contributed by atoms with E-state index >= 15 is 0 Å². The molecule has 0 amide bonds. The number of hydrogen-bond donors (Lipinski definition) is 2. The van der Waals surface area contributed by atoms with E-state index < -0.39 is 0 Å². The van der Waals surface area contributed by atoms with Gasteiger partial charge in [0.05, 0.1) is 0 Å². The summed E-state index contributed by atoms with van der Waals surface area (Å²) < 4.78 is 12.9. The third-order valence-corrected chi connectivity index (χ3v) is 3.50. The van der Waals surface area contributed by atoms with Crippen molar-refractivity contribution < 1.29 is 4.39 Å². The van der Waals surface area contributed by atoms with Gasteiger partial charge >= 0.3 is 0 Å². The Hall–Kier alpha value is -2.95. The minimum Gasteiger partial charge on any atom is -0.366 e. The van der Waals surface area contributed by atoms with Gasteiger partial charge in [0.2, 0.25) is 0 Å². The predicted octanol–water partition coefficient (Wildman–Crippen LogP) is 4.28. The molecule has 0 spiro atoms. The van der Waals surface area contributed by atoms with Crippen molar-refractivity contribution in [2.45, 2.75) is 13.5 Å². The lowest BCUT2D eigenvalue weighted by Crippen LogP contribution is -2.04. The first-order chi connectivity index (χ1) is 11.2. The first-order valence-electron chi connectivity index (χ1n) is 7.34. The van der Waals surface area contributed by atoms with Gasteiger partial charge in [-0.1, -0.05) is 24.3 Å². The number of nitrogens with zero attached hydrogens (tertiary/aromatic N) is 2. The fraction of sp³-hybridized carbons (Fsp3) is 0.111. The molecule has 23 heavy (non-hydrogen) atoms. The smallest absolute Gasteiger partial charge is 0.135 e. The standard InChI is InChI=1S/C18H17FN4/c1-13-4-2-3-5-14(13)11-20-17-10-18(22-12-21-17)23-16-8-6-15(19)7-9-16/h2-10,12H,11H2,1H3,(H2,20,21,22,23). The first-order valence-corrected chi connectivity index (χ1v) is 7.34. The number of hydrogen-bond acceptors (Lipinski definition) is 4. The number of anilines is 3. The molecule has 0 saturated carbocycles. The van der Waals surface area contributed by atoms with E-state index in [2.05, 4.69) is 39.7 Å². The molecule has 0 aliphatic rings. The Kier molecular flexibility index (Phi) is 4.47. The Labute approximate surface area is 134 Å². The van der Waals surface area contributed by atoms with E-state index in [4.69, 9.17) is 0 Å². The molecule has 1 heterocycles. The number of halogens is 1. The molecular weight excluding hydrogens is 291 g/mol. The normalized spacial score (nSPS) is 10.3. The second kappa shape index (κ2) is 6.87. The zero-order valence-corrected chi connectivity index (χ0v) is 12.8. The molecule has 2 aromatic carbocycles. The monoisotopic (exact) mass is 308 g/mol. The summed E-state index contributed by atoms with van der Waals surface area (Å²) >= 11 is 0. The van der Waals surface area contributed by atoms with Gasteiger partial charge in [-0.25, -0.2) is 14.4 Å². The number of nitrogens with one attached hydrogen (secondary N) is 2. The van der Waals surface area contributed by atoms with E-state index in [1.165, 1.54) is 29.6 Å². The molecule has 2 N–H and O–H groups in total. The topological polar surface area (TPSA) is 49.8 Å². The Bertz CT molecular complexity index is 787. The molecule has 5 heteroatoms. The van der Waals surface area contributed by atoms with Crippen LogP contribution in [0.4, 0.5) is 21.7 Å². The quantitative estimate of drug-likeness (QED) is 0.738. The van der Waals surface area contributed by atoms with Crippen molar-refractivity contribution in [1.82, 2.24) is 9.97 Å². The first kappa shape index (κ1) is 15.0. The summed E-state index contributed by atoms with van der Waals surface area (Å²) in [6.07, 6.45) is 1.49. The fourth-order valence-corrected chi connectivity index (χ4v) is 2.20. The maximum absolute atomic E-state index is 12.9. The second-order valence-electron chi connectivity index (χ2n) is 5.20. The highest BCUT2D eigenvalue weighted by molar-refractivity contribution is 5.58. The van der Waals surface area contributed by atoms with Crippen molar-refractivity contribution in [3.63, 3.8) is 0 Å². The molecule has 0 aliphatic carbocycles. The van der Waals surface area contributed by atoms with Crippen LogP contribution in [0.1, 0.15) is 11.1 Å². The third-order valence-electron chi connectivity index (χ3n) is 3.50. The average molecular weight is 308 g/mol. The Morgan fingerprint density at radius 3 is 2.48 bits per heavy atom. The van der Waals surface area contributed by atoms with E-state index in [9.17, 15) is 4.39 Å². The van der Waals surface area contributed by atoms with E-state index in [-0.39, 0.29) is 5.82 Å². The molecule has 0 radical (unpaired) electrons. The molecule has 0 aliphatic heterocycles. The Morgan fingerprint density at radius 1 is 0.957 bits per heavy atom. The zero-order valence-electron chi connectivity index (χ0n) is 12.8. The lowest BCUT2D eigenvalue weighted by atomic mass is 10.1. The average Bonchev–Trinajstić information content (AvgIpc) is 2.57. The van der Waals surface area contributed by atoms with Gasteiger partial charge in [0.1, 0.15) is 23.8 Å². The van der Waals surface area contributed by atoms with Gasteiger partial charge in [-0.05, 0) is 42.3 Å². The van der Waals surface area contributed by atoms with Crippen LogP contribution in [-0.4, -0.2) is 9.97 Å². The van der Waals surface area contributed by atoms with Crippen LogP contribution in [-0.2, 0) is 6.54 Å². The van der Waals surface area contributed by atoms with Gasteiger partial charge < -0.3 is 10.6 Å². The lowest BCUT2D eigenvalue weighted by Gasteiger charge is -2.10. The predicted molar refractivity (Wildman–Crippen MR) is 90.2 cm³/mol. The maximum atomic E-state index is 12.9. The minimum absolute atomic E-state index is 0.265. The van der Waals surface area contributed by atoms with Crippen molar-refractivity contribution in [3.05, 3.63) is 77.9 Å². The van der Waals surface area contributed by atoms with Crippen LogP contribution in [0.2, 0.25) is 0 Å². The third kappa shape index (κ3) is 4.03. The molecule has 1 aromatic heterocycles. The molecule has 4 nitrogen and oxygen atoms in total. The largest absolute Gasteiger partial charge is 0.366 e. The van der Waals surface area contributed by atoms with Crippen molar-refractivity contribution in [2.24, 2.45) is 0 Å². The number of benzene rings is 2. The molecule has 3 aromatic rings. The molecular formula is C18H17FN4. The van der Waals surface area contributed by atoms with Crippen molar-refractivity contribution in [2.75, 3.05) is 10.6 Å². The molecule has 0 atom stereocenters. The molecule has 0 fully saturated rings. The van der Waals surface area contributed by atoms with Crippen LogP contribution in [0, 0.1) is 12.7 Å². The van der Waals surface area contributed by atoms with Gasteiger partial charge in [0, 0.05) is 18.3 Å². The number of rotatable bonds is 5. The van der Waals surface area contributed by atoms with Crippen LogP contribution in [0.5, 0.6) is 0 Å². The van der Waals surface area contributed by atoms with E-state index in [0.717, 1.165) is 11.5 Å². The minimum atomic E-state index is -0.265. The van der Waals surface area contributed by atoms with Crippen LogP contribution >= 0.6 is 0 Å². The summed E-state index contributed by atoms with van der Waals surface area (Å²) in [7, 11) is 0. The van der Waals surface area contributed by atoms with Crippen LogP contribution in [0.25, 0.3) is 0 Å². The summed E-state index contributed by atoms with van der Waals surface area (Å²) in [6.45, 7) is 2.78. The fourth-order valence-electron chi connectivity index (χ4n) is 2.20. The van der Waals surface area contributed by atoms with Gasteiger partial charge in [-0.2, -0.15) is 0 Å². The summed E-state index contributed by atoms with van der Waals surface area (Å²) in [5.41, 5.74) is 3.23. The molecule has 0 bridgehead atoms. The zero-order chi connectivity index (χ0) is 16.1. The SMILES string of the molecule is Cc1ccccc1CNc1cc(Nc2ccc(F)cc2)ncn1. The Morgan fingerprint density at radius 2 is 1.70 bits per heavy atom. The van der Waals surface area contributed by atoms with Gasteiger partial charge in [-0.15, -0.1) is 0 Å². The molecule has 0 saturated heterocycles. The lowest BCUT2D eigenvalue weighted by molar-refractivity contribution is 0.628. The molecule has 0 unspecified atom stereocenters. The van der Waals surface area contributed by atoms with E-state index in [0.29, 0.717) is 12.4 Å². The van der Waals surface area contributed by atoms with E-state index in [1.54, 1.807) is 12.1 Å². The van der Waals surface area contributed by atoms with Gasteiger partial charge in [0.15, 0.2) is 0 Å². The van der Waals surface area contributed by atoms with Gasteiger partial charge in [0.25, 0.3) is 0 Å². The second-order valence-corrected chi connectivity index (χ2v) is 5.20. The summed E-state index contributed by atoms with van der Waals surface area (Å²) in [5, 5.41) is 6.41. The van der Waals surface area contributed by atoms with Crippen molar-refractivity contribution >= 4 is 17.3 Å². The number of aromatic nitrogens is 2. The van der Waals surface area contributed by atoms with Crippen LogP contribution in [0.15, 0.2) is 60.9 Å². The highest BCUT2D eigenvalue weighted by Crippen LogP contribution is 2.17. The summed E-state index contributed by atoms with van der Waals surface area (Å²) in [5.74, 6) is 1.12. The van der Waals surface area contributed by atoms with Crippen LogP contribution < -0.4 is 10.6 Å². The van der Waals surface area contributed by atoms with Crippen LogP contribution in [0.3, 0.4) is 0 Å². The highest BCUT2D eigenvalue weighted by Gasteiger charge is 2.01. The highest BCUT2D eigenvalue weighted by atomic mass is 19.1. The van der Waals surface area contributed by atoms with Crippen molar-refractivity contribution in [3.8, 4) is 0 Å². The van der Waals surface area contributed by atoms with Crippen molar-refractivity contribution in [1.29, 1.82) is 0 Å². The van der Waals surface area contributed by atoms with Gasteiger partial charge in [-0.3, -0.25) is 0 Å². The number of aryl methyl sites for hydroxylation is 1. The molecule has 116 valence electrons. The molecule has 3 rings (SSSR count). The Balaban J connectivity index is 1.67.